The van der Waals surface area contributed by atoms with Gasteiger partial charge in [0, 0.05) is 11.1 Å². The maximum atomic E-state index is 13.5. The lowest BCUT2D eigenvalue weighted by atomic mass is 9.87. The van der Waals surface area contributed by atoms with Crippen molar-refractivity contribution in [3.05, 3.63) is 102 Å². The number of carbonyl (C=O) groups is 1. The van der Waals surface area contributed by atoms with E-state index in [1.165, 1.54) is 30.3 Å². The van der Waals surface area contributed by atoms with Crippen LogP contribution in [0.2, 0.25) is 0 Å². The van der Waals surface area contributed by atoms with Crippen LogP contribution >= 0.6 is 0 Å². The third-order valence-electron chi connectivity index (χ3n) is 6.74. The standard InChI is InChI=1S/C33H34O11S3.C2H6/c1-32(2,3)27-17-15-25(19-29(27)46(37,38)39)45(35,36)26-16-18-28(30(20-26)47(40,41)42)43-23-11-7-21(8-12-23)31(34)22-9-13-24(14-10-22)44-33(4,5)6;1-2/h7-20H,1-6H3,(H,37,38,39)(H,40,41,42);1-2H3. The molecule has 0 aliphatic rings. The Labute approximate surface area is 288 Å². The molecule has 0 bridgehead atoms. The van der Waals surface area contributed by atoms with Gasteiger partial charge in [-0.05, 0) is 111 Å². The maximum absolute atomic E-state index is 13.5. The second-order valence-corrected chi connectivity index (χ2v) is 17.4. The van der Waals surface area contributed by atoms with Crippen molar-refractivity contribution in [1.82, 2.24) is 0 Å². The summed E-state index contributed by atoms with van der Waals surface area (Å²) >= 11 is 0. The van der Waals surface area contributed by atoms with E-state index in [4.69, 9.17) is 9.47 Å². The van der Waals surface area contributed by atoms with Crippen molar-refractivity contribution < 1.29 is 48.6 Å². The molecule has 0 unspecified atom stereocenters. The topological polar surface area (TPSA) is 178 Å². The molecule has 49 heavy (non-hydrogen) atoms. The molecule has 0 aromatic heterocycles. The molecule has 264 valence electrons. The summed E-state index contributed by atoms with van der Waals surface area (Å²) in [7, 11) is -14.4. The third kappa shape index (κ3) is 9.76. The van der Waals surface area contributed by atoms with Crippen molar-refractivity contribution in [3.63, 3.8) is 0 Å². The van der Waals surface area contributed by atoms with E-state index in [1.54, 1.807) is 45.0 Å². The zero-order valence-electron chi connectivity index (χ0n) is 28.4. The molecule has 0 saturated heterocycles. The van der Waals surface area contributed by atoms with Gasteiger partial charge in [0.1, 0.15) is 27.7 Å². The van der Waals surface area contributed by atoms with Gasteiger partial charge in [-0.25, -0.2) is 8.42 Å². The molecule has 0 heterocycles. The molecule has 14 heteroatoms. The molecule has 0 aliphatic heterocycles. The zero-order valence-corrected chi connectivity index (χ0v) is 30.8. The number of hydrogen-bond donors (Lipinski definition) is 2. The number of hydrogen-bond acceptors (Lipinski definition) is 9. The first kappa shape index (κ1) is 39.4. The molecule has 4 aromatic rings. The van der Waals surface area contributed by atoms with Crippen LogP contribution in [0.5, 0.6) is 17.2 Å². The van der Waals surface area contributed by atoms with Crippen LogP contribution in [0.25, 0.3) is 0 Å². The summed E-state index contributed by atoms with van der Waals surface area (Å²) in [5.74, 6) is -0.0273. The van der Waals surface area contributed by atoms with Gasteiger partial charge in [0.25, 0.3) is 20.2 Å². The Hall–Kier alpha value is -4.08. The fourth-order valence-electron chi connectivity index (χ4n) is 4.58. The van der Waals surface area contributed by atoms with Gasteiger partial charge in [0.2, 0.25) is 9.84 Å². The minimum atomic E-state index is -5.04. The van der Waals surface area contributed by atoms with Crippen molar-refractivity contribution in [2.75, 3.05) is 0 Å². The summed E-state index contributed by atoms with van der Waals surface area (Å²) in [6.45, 7) is 14.7. The van der Waals surface area contributed by atoms with Crippen molar-refractivity contribution in [1.29, 1.82) is 0 Å². The monoisotopic (exact) mass is 732 g/mol. The summed E-state index contributed by atoms with van der Waals surface area (Å²) in [5, 5.41) is 0. The van der Waals surface area contributed by atoms with Crippen LogP contribution in [0.15, 0.2) is 105 Å². The van der Waals surface area contributed by atoms with E-state index in [2.05, 4.69) is 0 Å². The van der Waals surface area contributed by atoms with Crippen LogP contribution < -0.4 is 9.47 Å². The van der Waals surface area contributed by atoms with Gasteiger partial charge < -0.3 is 9.47 Å². The van der Waals surface area contributed by atoms with Gasteiger partial charge in [-0.3, -0.25) is 13.9 Å². The number of rotatable bonds is 9. The Bertz CT molecular complexity index is 2160. The average Bonchev–Trinajstić information content (AvgIpc) is 3.00. The van der Waals surface area contributed by atoms with Crippen LogP contribution in [0.3, 0.4) is 0 Å². The maximum Gasteiger partial charge on any atom is 0.298 e. The molecule has 11 nitrogen and oxygen atoms in total. The molecule has 0 spiro atoms. The second kappa shape index (κ2) is 14.4. The molecule has 0 fully saturated rings. The van der Waals surface area contributed by atoms with E-state index in [0.29, 0.717) is 22.9 Å². The normalized spacial score (nSPS) is 12.4. The number of benzene rings is 4. The summed E-state index contributed by atoms with van der Waals surface area (Å²) in [5.41, 5.74) is -0.303. The van der Waals surface area contributed by atoms with E-state index in [0.717, 1.165) is 24.3 Å². The zero-order chi connectivity index (χ0) is 37.2. The Morgan fingerprint density at radius 3 is 1.45 bits per heavy atom. The Morgan fingerprint density at radius 1 is 0.592 bits per heavy atom. The predicted octanol–water partition coefficient (Wildman–Crippen LogP) is 7.54. The van der Waals surface area contributed by atoms with Gasteiger partial charge >= 0.3 is 0 Å². The summed E-state index contributed by atoms with van der Waals surface area (Å²) in [4.78, 5) is 10.4. The first-order chi connectivity index (χ1) is 22.5. The van der Waals surface area contributed by atoms with E-state index in [9.17, 15) is 39.2 Å². The lowest BCUT2D eigenvalue weighted by Crippen LogP contribution is -2.22. The Morgan fingerprint density at radius 2 is 1.02 bits per heavy atom. The van der Waals surface area contributed by atoms with E-state index < -0.39 is 66.4 Å². The molecule has 0 saturated carbocycles. The third-order valence-corrected chi connectivity index (χ3v) is 10.3. The van der Waals surface area contributed by atoms with Gasteiger partial charge in [0.05, 0.1) is 14.7 Å². The first-order valence-corrected chi connectivity index (χ1v) is 19.4. The minimum Gasteiger partial charge on any atom is -0.488 e. The summed E-state index contributed by atoms with van der Waals surface area (Å²) in [6, 6.07) is 18.2. The van der Waals surface area contributed by atoms with Gasteiger partial charge in [0.15, 0.2) is 5.78 Å². The smallest absolute Gasteiger partial charge is 0.298 e. The molecule has 4 rings (SSSR count). The number of ether oxygens (including phenoxy) is 2. The molecule has 2 N–H and O–H groups in total. The second-order valence-electron chi connectivity index (χ2n) is 12.7. The first-order valence-electron chi connectivity index (χ1n) is 15.1. The van der Waals surface area contributed by atoms with Gasteiger partial charge in [-0.1, -0.05) is 40.7 Å². The van der Waals surface area contributed by atoms with Crippen LogP contribution in [-0.4, -0.2) is 45.7 Å². The number of ketones is 1. The van der Waals surface area contributed by atoms with Crippen molar-refractivity contribution in [3.8, 4) is 17.2 Å². The van der Waals surface area contributed by atoms with Crippen molar-refractivity contribution in [2.45, 2.75) is 86.0 Å². The van der Waals surface area contributed by atoms with E-state index in [1.807, 2.05) is 34.6 Å². The Balaban J connectivity index is 0.00000319. The lowest BCUT2D eigenvalue weighted by molar-refractivity contribution is 0.103. The molecule has 0 aliphatic carbocycles. The quantitative estimate of drug-likeness (QED) is 0.128. The fourth-order valence-corrected chi connectivity index (χ4v) is 7.61. The highest BCUT2D eigenvalue weighted by atomic mass is 32.2. The van der Waals surface area contributed by atoms with Gasteiger partial charge in [-0.2, -0.15) is 16.8 Å². The largest absolute Gasteiger partial charge is 0.488 e. The van der Waals surface area contributed by atoms with E-state index >= 15 is 0 Å². The Kier molecular flexibility index (Phi) is 11.6. The summed E-state index contributed by atoms with van der Waals surface area (Å²) in [6.07, 6.45) is 0. The molecule has 0 amide bonds. The average molecular weight is 733 g/mol. The summed E-state index contributed by atoms with van der Waals surface area (Å²) < 4.78 is 107. The lowest BCUT2D eigenvalue weighted by Gasteiger charge is -2.22. The highest BCUT2D eigenvalue weighted by Gasteiger charge is 2.29. The minimum absolute atomic E-state index is 0.0755. The van der Waals surface area contributed by atoms with Crippen molar-refractivity contribution >= 4 is 35.9 Å². The molecule has 4 aromatic carbocycles. The van der Waals surface area contributed by atoms with Crippen molar-refractivity contribution in [2.24, 2.45) is 0 Å². The predicted molar refractivity (Wildman–Crippen MR) is 185 cm³/mol. The van der Waals surface area contributed by atoms with Crippen LogP contribution in [0.4, 0.5) is 0 Å². The number of carbonyl (C=O) groups excluding carboxylic acids is 1. The molecular weight excluding hydrogens is 693 g/mol. The highest BCUT2D eigenvalue weighted by molar-refractivity contribution is 7.91. The molecule has 0 atom stereocenters. The fraction of sp³-hybridized carbons (Fsp3) is 0.286. The highest BCUT2D eigenvalue weighted by Crippen LogP contribution is 2.36. The van der Waals surface area contributed by atoms with Gasteiger partial charge in [-0.15, -0.1) is 0 Å². The van der Waals surface area contributed by atoms with Crippen LogP contribution in [-0.2, 0) is 35.5 Å². The van der Waals surface area contributed by atoms with E-state index in [-0.39, 0.29) is 17.1 Å². The van der Waals surface area contributed by atoms with Crippen LogP contribution in [0.1, 0.15) is 76.9 Å². The SMILES string of the molecule is CC.CC(C)(C)Oc1ccc(C(=O)c2ccc(Oc3ccc(S(=O)(=O)c4ccc(C(C)(C)C)c(S(=O)(=O)O)c4)cc3S(=O)(=O)O)cc2)cc1. The molecule has 0 radical (unpaired) electrons. The van der Waals surface area contributed by atoms with Crippen LogP contribution in [0, 0.1) is 0 Å². The number of sulfone groups is 1. The molecular formula is C35H40O11S3.